The van der Waals surface area contributed by atoms with Gasteiger partial charge < -0.3 is 10.2 Å². The molecule has 3 aromatic rings. The lowest BCUT2D eigenvalue weighted by Gasteiger charge is -2.33. The minimum atomic E-state index is -0.361. The predicted molar refractivity (Wildman–Crippen MR) is 127 cm³/mol. The predicted octanol–water partition coefficient (Wildman–Crippen LogP) is 5.30. The van der Waals surface area contributed by atoms with E-state index in [0.29, 0.717) is 25.2 Å². The lowest BCUT2D eigenvalue weighted by molar-refractivity contribution is -0.132. The second-order valence-electron chi connectivity index (χ2n) is 9.24. The van der Waals surface area contributed by atoms with Crippen molar-refractivity contribution in [3.05, 3.63) is 90.2 Å². The second-order valence-corrected chi connectivity index (χ2v) is 9.24. The van der Waals surface area contributed by atoms with E-state index in [4.69, 9.17) is 0 Å². The average Bonchev–Trinajstić information content (AvgIpc) is 3.54. The number of hydrogen-bond acceptors (Lipinski definition) is 2. The van der Waals surface area contributed by atoms with E-state index in [9.17, 15) is 14.0 Å². The molecule has 0 bridgehead atoms. The van der Waals surface area contributed by atoms with Crippen LogP contribution in [0.25, 0.3) is 11.1 Å². The van der Waals surface area contributed by atoms with Gasteiger partial charge in [0.05, 0.1) is 6.42 Å². The van der Waals surface area contributed by atoms with Crippen molar-refractivity contribution < 1.29 is 14.0 Å². The molecule has 2 aliphatic rings. The van der Waals surface area contributed by atoms with E-state index in [1.54, 1.807) is 12.1 Å². The molecule has 1 spiro atoms. The molecule has 1 aliphatic heterocycles. The molecule has 3 aromatic carbocycles. The molecule has 2 amide bonds. The highest BCUT2D eigenvalue weighted by Crippen LogP contribution is 2.59. The third-order valence-corrected chi connectivity index (χ3v) is 7.13. The lowest BCUT2D eigenvalue weighted by Crippen LogP contribution is -2.41. The summed E-state index contributed by atoms with van der Waals surface area (Å²) in [6.45, 7) is 1.37. The van der Waals surface area contributed by atoms with Gasteiger partial charge in [-0.1, -0.05) is 60.7 Å². The molecule has 1 N–H and O–H groups in total. The zero-order valence-electron chi connectivity index (χ0n) is 18.5. The summed E-state index contributed by atoms with van der Waals surface area (Å²) in [4.78, 5) is 27.4. The molecule has 2 fully saturated rings. The minimum Gasteiger partial charge on any atom is -0.342 e. The monoisotopic (exact) mass is 442 g/mol. The van der Waals surface area contributed by atoms with E-state index in [2.05, 4.69) is 29.6 Å². The zero-order valence-corrected chi connectivity index (χ0v) is 18.5. The van der Waals surface area contributed by atoms with Gasteiger partial charge in [-0.05, 0) is 59.6 Å². The quantitative estimate of drug-likeness (QED) is 0.583. The number of nitrogens with one attached hydrogen (secondary N) is 1. The van der Waals surface area contributed by atoms with Crippen LogP contribution in [0.2, 0.25) is 0 Å². The fourth-order valence-electron chi connectivity index (χ4n) is 5.00. The Morgan fingerprint density at radius 2 is 1.61 bits per heavy atom. The van der Waals surface area contributed by atoms with Crippen LogP contribution in [0.1, 0.15) is 24.8 Å². The molecular weight excluding hydrogens is 415 g/mol. The number of amides is 2. The van der Waals surface area contributed by atoms with Crippen LogP contribution in [-0.2, 0) is 16.0 Å². The molecule has 33 heavy (non-hydrogen) atoms. The van der Waals surface area contributed by atoms with Gasteiger partial charge in [0.25, 0.3) is 0 Å². The standard InChI is InChI=1S/C28H27FN2O2/c29-23-7-4-8-24(18-23)30-27(33)25-19-28(25)13-15-31(16-14-28)26(32)17-20-9-11-22(12-10-20)21-5-2-1-3-6-21/h1-12,18,25H,13-17,19H2,(H,30,33)/t25-/m0/s1. The van der Waals surface area contributed by atoms with E-state index >= 15 is 0 Å². The van der Waals surface area contributed by atoms with E-state index in [1.165, 1.54) is 12.1 Å². The molecule has 4 nitrogen and oxygen atoms in total. The highest BCUT2D eigenvalue weighted by molar-refractivity contribution is 5.95. The van der Waals surface area contributed by atoms with E-state index in [1.807, 2.05) is 35.2 Å². The number of carbonyl (C=O) groups excluding carboxylic acids is 2. The maximum atomic E-state index is 13.4. The first-order chi connectivity index (χ1) is 16.0. The molecule has 1 aliphatic carbocycles. The van der Waals surface area contributed by atoms with Crippen molar-refractivity contribution >= 4 is 17.5 Å². The number of likely N-dealkylation sites (tertiary alicyclic amines) is 1. The zero-order chi connectivity index (χ0) is 22.8. The SMILES string of the molecule is O=C(Nc1cccc(F)c1)[C@@H]1CC12CCN(C(=O)Cc1ccc(-c3ccccc3)cc1)CC2. The van der Waals surface area contributed by atoms with Crippen molar-refractivity contribution in [1.82, 2.24) is 4.90 Å². The Kier molecular flexibility index (Phi) is 5.71. The molecule has 1 saturated heterocycles. The third-order valence-electron chi connectivity index (χ3n) is 7.13. The molecule has 0 unspecified atom stereocenters. The molecule has 5 rings (SSSR count). The van der Waals surface area contributed by atoms with Crippen LogP contribution in [0.4, 0.5) is 10.1 Å². The number of piperidine rings is 1. The van der Waals surface area contributed by atoms with Gasteiger partial charge in [0.2, 0.25) is 11.8 Å². The average molecular weight is 443 g/mol. The van der Waals surface area contributed by atoms with Gasteiger partial charge in [-0.3, -0.25) is 9.59 Å². The van der Waals surface area contributed by atoms with Crippen molar-refractivity contribution in [3.63, 3.8) is 0 Å². The first kappa shape index (κ1) is 21.4. The van der Waals surface area contributed by atoms with Gasteiger partial charge in [-0.15, -0.1) is 0 Å². The first-order valence-electron chi connectivity index (χ1n) is 11.5. The van der Waals surface area contributed by atoms with Gasteiger partial charge in [0, 0.05) is 24.7 Å². The maximum absolute atomic E-state index is 13.4. The Labute approximate surface area is 193 Å². The minimum absolute atomic E-state index is 0.00841. The Hall–Kier alpha value is -3.47. The second kappa shape index (κ2) is 8.81. The number of anilines is 1. The number of benzene rings is 3. The van der Waals surface area contributed by atoms with E-state index in [-0.39, 0.29) is 29.0 Å². The van der Waals surface area contributed by atoms with Crippen molar-refractivity contribution in [2.75, 3.05) is 18.4 Å². The van der Waals surface area contributed by atoms with Gasteiger partial charge in [-0.2, -0.15) is 0 Å². The van der Waals surface area contributed by atoms with Crippen LogP contribution in [0.5, 0.6) is 0 Å². The molecule has 1 heterocycles. The van der Waals surface area contributed by atoms with Crippen LogP contribution in [-0.4, -0.2) is 29.8 Å². The summed E-state index contributed by atoms with van der Waals surface area (Å²) < 4.78 is 13.4. The fourth-order valence-corrected chi connectivity index (χ4v) is 5.00. The van der Waals surface area contributed by atoms with Crippen LogP contribution in [0, 0.1) is 17.2 Å². The van der Waals surface area contributed by atoms with Gasteiger partial charge >= 0.3 is 0 Å². The van der Waals surface area contributed by atoms with Crippen LogP contribution in [0.15, 0.2) is 78.9 Å². The molecular formula is C28H27FN2O2. The molecule has 1 atom stereocenters. The Balaban J connectivity index is 1.12. The Morgan fingerprint density at radius 3 is 2.30 bits per heavy atom. The van der Waals surface area contributed by atoms with E-state index < -0.39 is 0 Å². The van der Waals surface area contributed by atoms with Gasteiger partial charge in [0.15, 0.2) is 0 Å². The van der Waals surface area contributed by atoms with Crippen molar-refractivity contribution in [1.29, 1.82) is 0 Å². The Bertz CT molecular complexity index is 1150. The summed E-state index contributed by atoms with van der Waals surface area (Å²) in [6, 6.07) is 24.4. The third kappa shape index (κ3) is 4.68. The van der Waals surface area contributed by atoms with E-state index in [0.717, 1.165) is 36.0 Å². The molecule has 0 aromatic heterocycles. The molecule has 1 saturated carbocycles. The summed E-state index contributed by atoms with van der Waals surface area (Å²) in [7, 11) is 0. The first-order valence-corrected chi connectivity index (χ1v) is 11.5. The van der Waals surface area contributed by atoms with Crippen LogP contribution < -0.4 is 5.32 Å². The molecule has 0 radical (unpaired) electrons. The Morgan fingerprint density at radius 1 is 0.909 bits per heavy atom. The van der Waals surface area contributed by atoms with Crippen molar-refractivity contribution in [2.45, 2.75) is 25.7 Å². The van der Waals surface area contributed by atoms with Gasteiger partial charge in [0.1, 0.15) is 5.82 Å². The highest BCUT2D eigenvalue weighted by atomic mass is 19.1. The highest BCUT2D eigenvalue weighted by Gasteiger charge is 2.58. The smallest absolute Gasteiger partial charge is 0.228 e. The number of nitrogens with zero attached hydrogens (tertiary/aromatic N) is 1. The van der Waals surface area contributed by atoms with Gasteiger partial charge in [-0.25, -0.2) is 4.39 Å². The number of halogens is 1. The van der Waals surface area contributed by atoms with Crippen LogP contribution >= 0.6 is 0 Å². The lowest BCUT2D eigenvalue weighted by atomic mass is 9.90. The number of hydrogen-bond donors (Lipinski definition) is 1. The summed E-state index contributed by atoms with van der Waals surface area (Å²) in [5, 5.41) is 2.84. The largest absolute Gasteiger partial charge is 0.342 e. The summed E-state index contributed by atoms with van der Waals surface area (Å²) in [5.74, 6) is -0.319. The van der Waals surface area contributed by atoms with Crippen molar-refractivity contribution in [3.8, 4) is 11.1 Å². The normalized spacial score (nSPS) is 18.7. The fraction of sp³-hybridized carbons (Fsp3) is 0.286. The topological polar surface area (TPSA) is 49.4 Å². The summed E-state index contributed by atoms with van der Waals surface area (Å²) >= 11 is 0. The summed E-state index contributed by atoms with van der Waals surface area (Å²) in [6.07, 6.45) is 2.92. The maximum Gasteiger partial charge on any atom is 0.228 e. The summed E-state index contributed by atoms with van der Waals surface area (Å²) in [5.41, 5.74) is 3.80. The number of carbonyl (C=O) groups is 2. The number of rotatable bonds is 5. The van der Waals surface area contributed by atoms with Crippen molar-refractivity contribution in [2.24, 2.45) is 11.3 Å². The molecule has 168 valence electrons. The van der Waals surface area contributed by atoms with Crippen LogP contribution in [0.3, 0.4) is 0 Å². The molecule has 5 heteroatoms.